The Morgan fingerprint density at radius 3 is 2.89 bits per heavy atom. The number of hydrogen-bond donors (Lipinski definition) is 2. The third kappa shape index (κ3) is 3.10. The molecule has 0 bridgehead atoms. The Labute approximate surface area is 119 Å². The van der Waals surface area contributed by atoms with Crippen LogP contribution in [-0.2, 0) is 4.79 Å². The van der Waals surface area contributed by atoms with Crippen molar-refractivity contribution in [2.45, 2.75) is 33.1 Å². The number of aryl methyl sites for hydroxylation is 1. The fraction of sp³-hybridized carbons (Fsp3) is 0.533. The lowest BCUT2D eigenvalue weighted by Crippen LogP contribution is -2.47. The van der Waals surface area contributed by atoms with E-state index in [0.29, 0.717) is 5.02 Å². The first-order valence-electron chi connectivity index (χ1n) is 6.86. The van der Waals surface area contributed by atoms with E-state index in [1.807, 2.05) is 25.1 Å². The molecule has 0 aromatic heterocycles. The maximum atomic E-state index is 12.6. The molecule has 1 aromatic carbocycles. The predicted octanol–water partition coefficient (Wildman–Crippen LogP) is 3.37. The van der Waals surface area contributed by atoms with Gasteiger partial charge in [-0.3, -0.25) is 4.79 Å². The van der Waals surface area contributed by atoms with Crippen LogP contribution in [0.3, 0.4) is 0 Å². The molecule has 104 valence electrons. The number of carbonyl (C=O) groups is 1. The minimum absolute atomic E-state index is 0.118. The molecule has 2 rings (SSSR count). The molecule has 1 atom stereocenters. The van der Waals surface area contributed by atoms with E-state index in [-0.39, 0.29) is 11.3 Å². The number of carbonyl (C=O) groups excluding carboxylic acids is 1. The van der Waals surface area contributed by atoms with E-state index in [1.54, 1.807) is 0 Å². The molecule has 4 heteroatoms. The molecule has 0 radical (unpaired) electrons. The highest BCUT2D eigenvalue weighted by Gasteiger charge is 2.37. The summed E-state index contributed by atoms with van der Waals surface area (Å²) >= 11 is 5.93. The Bertz CT molecular complexity index is 467. The summed E-state index contributed by atoms with van der Waals surface area (Å²) in [5, 5.41) is 7.09. The second kappa shape index (κ2) is 5.93. The highest BCUT2D eigenvalue weighted by Crippen LogP contribution is 2.32. The van der Waals surface area contributed by atoms with Crippen molar-refractivity contribution in [2.75, 3.05) is 18.4 Å². The quantitative estimate of drug-likeness (QED) is 0.891. The molecular weight excluding hydrogens is 260 g/mol. The maximum absolute atomic E-state index is 12.6. The summed E-state index contributed by atoms with van der Waals surface area (Å²) in [6.45, 7) is 5.82. The van der Waals surface area contributed by atoms with Crippen molar-refractivity contribution >= 4 is 23.2 Å². The number of amides is 1. The molecule has 1 aliphatic heterocycles. The molecule has 1 saturated heterocycles. The minimum atomic E-state index is -0.273. The minimum Gasteiger partial charge on any atom is -0.325 e. The van der Waals surface area contributed by atoms with Gasteiger partial charge >= 0.3 is 0 Å². The van der Waals surface area contributed by atoms with Crippen LogP contribution in [-0.4, -0.2) is 19.0 Å². The lowest BCUT2D eigenvalue weighted by Gasteiger charge is -2.35. The van der Waals surface area contributed by atoms with Gasteiger partial charge in [-0.2, -0.15) is 0 Å². The van der Waals surface area contributed by atoms with Crippen molar-refractivity contribution in [2.24, 2.45) is 5.41 Å². The van der Waals surface area contributed by atoms with E-state index in [9.17, 15) is 4.79 Å². The van der Waals surface area contributed by atoms with Gasteiger partial charge in [-0.25, -0.2) is 0 Å². The third-order valence-electron chi connectivity index (χ3n) is 4.07. The van der Waals surface area contributed by atoms with Crippen LogP contribution in [0.2, 0.25) is 5.02 Å². The summed E-state index contributed by atoms with van der Waals surface area (Å²) in [6.07, 6.45) is 2.87. The summed E-state index contributed by atoms with van der Waals surface area (Å²) < 4.78 is 0. The Morgan fingerprint density at radius 1 is 1.53 bits per heavy atom. The monoisotopic (exact) mass is 280 g/mol. The van der Waals surface area contributed by atoms with Gasteiger partial charge in [0.1, 0.15) is 0 Å². The summed E-state index contributed by atoms with van der Waals surface area (Å²) in [5.74, 6) is 0.118. The maximum Gasteiger partial charge on any atom is 0.231 e. The first kappa shape index (κ1) is 14.4. The molecule has 1 unspecified atom stereocenters. The number of hydrogen-bond acceptors (Lipinski definition) is 2. The van der Waals surface area contributed by atoms with Crippen LogP contribution in [0.15, 0.2) is 18.2 Å². The van der Waals surface area contributed by atoms with Crippen molar-refractivity contribution in [3.63, 3.8) is 0 Å². The molecule has 0 spiro atoms. The summed E-state index contributed by atoms with van der Waals surface area (Å²) in [7, 11) is 0. The molecule has 1 fully saturated rings. The van der Waals surface area contributed by atoms with Crippen LogP contribution in [0, 0.1) is 12.3 Å². The normalized spacial score (nSPS) is 23.1. The van der Waals surface area contributed by atoms with Gasteiger partial charge in [0.05, 0.1) is 5.41 Å². The summed E-state index contributed by atoms with van der Waals surface area (Å²) in [4.78, 5) is 12.6. The summed E-state index contributed by atoms with van der Waals surface area (Å²) in [6, 6.07) is 5.55. The predicted molar refractivity (Wildman–Crippen MR) is 79.6 cm³/mol. The Balaban J connectivity index is 2.15. The van der Waals surface area contributed by atoms with E-state index in [1.165, 1.54) is 0 Å². The van der Waals surface area contributed by atoms with E-state index in [4.69, 9.17) is 11.6 Å². The van der Waals surface area contributed by atoms with Gasteiger partial charge in [0, 0.05) is 17.3 Å². The lowest BCUT2D eigenvalue weighted by molar-refractivity contribution is -0.126. The van der Waals surface area contributed by atoms with Gasteiger partial charge in [0.25, 0.3) is 0 Å². The average molecular weight is 281 g/mol. The van der Waals surface area contributed by atoms with Crippen LogP contribution in [0.1, 0.15) is 31.7 Å². The van der Waals surface area contributed by atoms with Crippen LogP contribution in [0.5, 0.6) is 0 Å². The van der Waals surface area contributed by atoms with Gasteiger partial charge < -0.3 is 10.6 Å². The second-order valence-corrected chi connectivity index (χ2v) is 5.76. The molecule has 0 aliphatic carbocycles. The fourth-order valence-electron chi connectivity index (χ4n) is 2.65. The van der Waals surface area contributed by atoms with E-state index < -0.39 is 0 Å². The zero-order valence-corrected chi connectivity index (χ0v) is 12.3. The van der Waals surface area contributed by atoms with Gasteiger partial charge in [0.15, 0.2) is 0 Å². The summed E-state index contributed by atoms with van der Waals surface area (Å²) in [5.41, 5.74) is 1.58. The Hall–Kier alpha value is -1.06. The van der Waals surface area contributed by atoms with E-state index in [0.717, 1.165) is 43.6 Å². The van der Waals surface area contributed by atoms with Crippen molar-refractivity contribution in [1.29, 1.82) is 0 Å². The van der Waals surface area contributed by atoms with Crippen molar-refractivity contribution in [1.82, 2.24) is 5.32 Å². The standard InChI is InChI=1S/C15H21ClN2O/c1-3-15(7-4-8-17-10-15)14(19)18-13-6-5-12(16)9-11(13)2/h5-6,9,17H,3-4,7-8,10H2,1-2H3,(H,18,19). The molecule has 1 aromatic rings. The van der Waals surface area contributed by atoms with E-state index in [2.05, 4.69) is 17.6 Å². The molecule has 1 aliphatic rings. The van der Waals surface area contributed by atoms with Crippen LogP contribution in [0.25, 0.3) is 0 Å². The van der Waals surface area contributed by atoms with Crippen molar-refractivity contribution in [3.05, 3.63) is 28.8 Å². The van der Waals surface area contributed by atoms with Crippen LogP contribution in [0.4, 0.5) is 5.69 Å². The molecule has 1 heterocycles. The fourth-order valence-corrected chi connectivity index (χ4v) is 2.87. The van der Waals surface area contributed by atoms with Gasteiger partial charge in [-0.05, 0) is 56.5 Å². The molecular formula is C15H21ClN2O. The number of nitrogens with one attached hydrogen (secondary N) is 2. The topological polar surface area (TPSA) is 41.1 Å². The number of anilines is 1. The highest BCUT2D eigenvalue weighted by atomic mass is 35.5. The molecule has 19 heavy (non-hydrogen) atoms. The van der Waals surface area contributed by atoms with Gasteiger partial charge in [0.2, 0.25) is 5.91 Å². The van der Waals surface area contributed by atoms with Gasteiger partial charge in [-0.15, -0.1) is 0 Å². The number of benzene rings is 1. The van der Waals surface area contributed by atoms with E-state index >= 15 is 0 Å². The first-order valence-corrected chi connectivity index (χ1v) is 7.23. The van der Waals surface area contributed by atoms with Gasteiger partial charge in [-0.1, -0.05) is 18.5 Å². The first-order chi connectivity index (χ1) is 9.07. The number of piperidine rings is 1. The molecule has 2 N–H and O–H groups in total. The molecule has 3 nitrogen and oxygen atoms in total. The number of rotatable bonds is 3. The van der Waals surface area contributed by atoms with Crippen molar-refractivity contribution < 1.29 is 4.79 Å². The lowest BCUT2D eigenvalue weighted by atomic mass is 9.77. The average Bonchev–Trinajstić information content (AvgIpc) is 2.42. The zero-order chi connectivity index (χ0) is 13.9. The van der Waals surface area contributed by atoms with Crippen LogP contribution >= 0.6 is 11.6 Å². The highest BCUT2D eigenvalue weighted by molar-refractivity contribution is 6.30. The van der Waals surface area contributed by atoms with Crippen LogP contribution < -0.4 is 10.6 Å². The second-order valence-electron chi connectivity index (χ2n) is 5.33. The molecule has 1 amide bonds. The largest absolute Gasteiger partial charge is 0.325 e. The SMILES string of the molecule is CCC1(C(=O)Nc2ccc(Cl)cc2C)CCCNC1. The van der Waals surface area contributed by atoms with Crippen molar-refractivity contribution in [3.8, 4) is 0 Å². The smallest absolute Gasteiger partial charge is 0.231 e. The number of halogens is 1. The Kier molecular flexibility index (Phi) is 4.48. The zero-order valence-electron chi connectivity index (χ0n) is 11.6. The third-order valence-corrected chi connectivity index (χ3v) is 4.30. The Morgan fingerprint density at radius 2 is 2.32 bits per heavy atom. The molecule has 0 saturated carbocycles.